The molecule has 3 rings (SSSR count). The first-order chi connectivity index (χ1) is 12.2. The second kappa shape index (κ2) is 8.23. The lowest BCUT2D eigenvalue weighted by molar-refractivity contribution is -0.118. The molecule has 0 saturated heterocycles. The van der Waals surface area contributed by atoms with Gasteiger partial charge in [-0.1, -0.05) is 42.5 Å². The molecule has 1 saturated carbocycles. The van der Waals surface area contributed by atoms with Gasteiger partial charge in [0.2, 0.25) is 5.91 Å². The van der Waals surface area contributed by atoms with E-state index in [9.17, 15) is 14.3 Å². The van der Waals surface area contributed by atoms with Crippen LogP contribution in [-0.4, -0.2) is 35.1 Å². The van der Waals surface area contributed by atoms with Crippen LogP contribution in [0.5, 0.6) is 0 Å². The predicted octanol–water partition coefficient (Wildman–Crippen LogP) is 3.04. The third kappa shape index (κ3) is 4.87. The van der Waals surface area contributed by atoms with Gasteiger partial charge < -0.3 is 10.4 Å². The summed E-state index contributed by atoms with van der Waals surface area (Å²) >= 11 is 0. The van der Waals surface area contributed by atoms with Gasteiger partial charge in [-0.15, -0.1) is 0 Å². The van der Waals surface area contributed by atoms with Crippen molar-refractivity contribution in [1.82, 2.24) is 4.90 Å². The maximum absolute atomic E-state index is 13.7. The van der Waals surface area contributed by atoms with Crippen LogP contribution in [0.2, 0.25) is 0 Å². The van der Waals surface area contributed by atoms with Crippen LogP contribution in [-0.2, 0) is 11.3 Å². The number of hydrogen-bond donors (Lipinski definition) is 2. The highest BCUT2D eigenvalue weighted by Gasteiger charge is 2.35. The summed E-state index contributed by atoms with van der Waals surface area (Å²) in [4.78, 5) is 14.4. The molecule has 1 fully saturated rings. The van der Waals surface area contributed by atoms with E-state index >= 15 is 0 Å². The minimum Gasteiger partial charge on any atom is -0.395 e. The Kier molecular flexibility index (Phi) is 5.79. The van der Waals surface area contributed by atoms with Crippen LogP contribution in [0.15, 0.2) is 54.6 Å². The highest BCUT2D eigenvalue weighted by molar-refractivity contribution is 5.92. The Hall–Kier alpha value is -2.24. The molecule has 132 valence electrons. The van der Waals surface area contributed by atoms with Gasteiger partial charge in [-0.3, -0.25) is 9.69 Å². The average molecular weight is 342 g/mol. The second-order valence-corrected chi connectivity index (χ2v) is 6.51. The molecule has 25 heavy (non-hydrogen) atoms. The molecule has 1 unspecified atom stereocenters. The Bertz CT molecular complexity index is 704. The molecule has 0 aliphatic heterocycles. The van der Waals surface area contributed by atoms with Gasteiger partial charge >= 0.3 is 0 Å². The molecule has 1 atom stereocenters. The summed E-state index contributed by atoms with van der Waals surface area (Å²) in [5, 5.41) is 12.4. The van der Waals surface area contributed by atoms with Crippen molar-refractivity contribution in [3.63, 3.8) is 0 Å². The van der Waals surface area contributed by atoms with Crippen LogP contribution in [0.25, 0.3) is 0 Å². The maximum Gasteiger partial charge on any atom is 0.238 e. The fraction of sp³-hybridized carbons (Fsp3) is 0.350. The Labute approximate surface area is 147 Å². The van der Waals surface area contributed by atoms with E-state index in [1.807, 2.05) is 35.2 Å². The Morgan fingerprint density at radius 2 is 1.84 bits per heavy atom. The number of nitrogens with zero attached hydrogens (tertiary/aromatic N) is 1. The van der Waals surface area contributed by atoms with Gasteiger partial charge in [0, 0.05) is 12.6 Å². The number of nitrogens with one attached hydrogen (secondary N) is 1. The van der Waals surface area contributed by atoms with E-state index in [2.05, 4.69) is 5.32 Å². The maximum atomic E-state index is 13.7. The molecule has 0 spiro atoms. The van der Waals surface area contributed by atoms with Gasteiger partial charge in [-0.25, -0.2) is 4.39 Å². The van der Waals surface area contributed by atoms with Crippen molar-refractivity contribution >= 4 is 11.6 Å². The molecule has 0 bridgehead atoms. The number of rotatable bonds is 8. The Balaban J connectivity index is 1.70. The largest absolute Gasteiger partial charge is 0.395 e. The monoisotopic (exact) mass is 342 g/mol. The van der Waals surface area contributed by atoms with Gasteiger partial charge in [0.25, 0.3) is 0 Å². The zero-order valence-corrected chi connectivity index (χ0v) is 14.1. The van der Waals surface area contributed by atoms with Crippen LogP contribution in [0.3, 0.4) is 0 Å². The smallest absolute Gasteiger partial charge is 0.238 e. The van der Waals surface area contributed by atoms with Crippen molar-refractivity contribution in [3.05, 3.63) is 66.0 Å². The number of carbonyl (C=O) groups is 1. The number of halogens is 1. The third-order valence-corrected chi connectivity index (χ3v) is 4.55. The number of benzene rings is 2. The lowest BCUT2D eigenvalue weighted by Crippen LogP contribution is -2.43. The van der Waals surface area contributed by atoms with Gasteiger partial charge in [-0.05, 0) is 36.5 Å². The van der Waals surface area contributed by atoms with Crippen molar-refractivity contribution in [3.8, 4) is 0 Å². The minimum atomic E-state index is -0.452. The summed E-state index contributed by atoms with van der Waals surface area (Å²) in [6, 6.07) is 15.9. The van der Waals surface area contributed by atoms with E-state index in [4.69, 9.17) is 0 Å². The highest BCUT2D eigenvalue weighted by atomic mass is 19.1. The van der Waals surface area contributed by atoms with Crippen molar-refractivity contribution in [1.29, 1.82) is 0 Å². The molecule has 1 aliphatic rings. The molecule has 2 aromatic carbocycles. The van der Waals surface area contributed by atoms with Crippen LogP contribution >= 0.6 is 0 Å². The summed E-state index contributed by atoms with van der Waals surface area (Å²) in [6.07, 6.45) is 2.15. The normalized spacial score (nSPS) is 15.2. The van der Waals surface area contributed by atoms with E-state index in [0.717, 1.165) is 18.4 Å². The van der Waals surface area contributed by atoms with Gasteiger partial charge in [-0.2, -0.15) is 0 Å². The van der Waals surface area contributed by atoms with E-state index in [1.54, 1.807) is 18.2 Å². The van der Waals surface area contributed by atoms with E-state index in [1.165, 1.54) is 6.07 Å². The number of anilines is 1. The number of aliphatic hydroxyl groups excluding tert-OH is 1. The molecule has 1 aliphatic carbocycles. The minimum absolute atomic E-state index is 0.0183. The zero-order valence-electron chi connectivity index (χ0n) is 14.1. The number of para-hydroxylation sites is 1. The fourth-order valence-corrected chi connectivity index (χ4v) is 3.09. The van der Waals surface area contributed by atoms with Crippen LogP contribution < -0.4 is 5.32 Å². The molecule has 0 heterocycles. The molecule has 1 amide bonds. The molecular formula is C20H23FN2O2. The van der Waals surface area contributed by atoms with E-state index in [0.29, 0.717) is 12.5 Å². The Morgan fingerprint density at radius 1 is 1.16 bits per heavy atom. The van der Waals surface area contributed by atoms with Gasteiger partial charge in [0.15, 0.2) is 0 Å². The molecule has 5 heteroatoms. The standard InChI is InChI=1S/C20H23FN2O2/c21-17-8-4-5-9-18(17)22-20(25)13-23(19(14-24)16-10-11-16)12-15-6-2-1-3-7-15/h1-9,16,19,24H,10-14H2,(H,22,25). The summed E-state index contributed by atoms with van der Waals surface area (Å²) < 4.78 is 13.7. The topological polar surface area (TPSA) is 52.6 Å². The summed E-state index contributed by atoms with van der Waals surface area (Å²) in [5.74, 6) is -0.304. The van der Waals surface area contributed by atoms with E-state index < -0.39 is 5.82 Å². The average Bonchev–Trinajstić information content (AvgIpc) is 3.43. The van der Waals surface area contributed by atoms with Crippen molar-refractivity contribution in [2.75, 3.05) is 18.5 Å². The van der Waals surface area contributed by atoms with Crippen molar-refractivity contribution in [2.45, 2.75) is 25.4 Å². The molecule has 2 N–H and O–H groups in total. The first-order valence-electron chi connectivity index (χ1n) is 8.60. The first-order valence-corrected chi connectivity index (χ1v) is 8.60. The number of carbonyl (C=O) groups excluding carboxylic acids is 1. The lowest BCUT2D eigenvalue weighted by atomic mass is 10.1. The van der Waals surface area contributed by atoms with Crippen molar-refractivity contribution in [2.24, 2.45) is 5.92 Å². The van der Waals surface area contributed by atoms with Gasteiger partial charge in [0.05, 0.1) is 18.8 Å². The third-order valence-electron chi connectivity index (χ3n) is 4.55. The lowest BCUT2D eigenvalue weighted by Gasteiger charge is -2.30. The number of aliphatic hydroxyl groups is 1. The number of hydrogen-bond acceptors (Lipinski definition) is 3. The summed E-state index contributed by atoms with van der Waals surface area (Å²) in [6.45, 7) is 0.711. The molecular weight excluding hydrogens is 319 g/mol. The predicted molar refractivity (Wildman–Crippen MR) is 95.5 cm³/mol. The first kappa shape index (κ1) is 17.6. The van der Waals surface area contributed by atoms with E-state index in [-0.39, 0.29) is 30.8 Å². The zero-order chi connectivity index (χ0) is 17.6. The fourth-order valence-electron chi connectivity index (χ4n) is 3.09. The highest BCUT2D eigenvalue weighted by Crippen LogP contribution is 2.35. The van der Waals surface area contributed by atoms with Crippen LogP contribution in [0, 0.1) is 11.7 Å². The Morgan fingerprint density at radius 3 is 2.48 bits per heavy atom. The van der Waals surface area contributed by atoms with Crippen LogP contribution in [0.1, 0.15) is 18.4 Å². The summed E-state index contributed by atoms with van der Waals surface area (Å²) in [7, 11) is 0. The van der Waals surface area contributed by atoms with Crippen LogP contribution in [0.4, 0.5) is 10.1 Å². The quantitative estimate of drug-likeness (QED) is 0.775. The molecule has 2 aromatic rings. The van der Waals surface area contributed by atoms with Crippen molar-refractivity contribution < 1.29 is 14.3 Å². The second-order valence-electron chi connectivity index (χ2n) is 6.51. The SMILES string of the molecule is O=C(CN(Cc1ccccc1)C(CO)C1CC1)Nc1ccccc1F. The molecule has 4 nitrogen and oxygen atoms in total. The summed E-state index contributed by atoms with van der Waals surface area (Å²) in [5.41, 5.74) is 1.26. The van der Waals surface area contributed by atoms with Gasteiger partial charge in [0.1, 0.15) is 5.82 Å². The molecule has 0 aromatic heterocycles. The number of amides is 1. The molecule has 0 radical (unpaired) electrons.